The number of aryl methyl sites for hydroxylation is 3. The van der Waals surface area contributed by atoms with Crippen LogP contribution in [0.5, 0.6) is 5.88 Å². The lowest BCUT2D eigenvalue weighted by molar-refractivity contribution is -0.136. The van der Waals surface area contributed by atoms with Crippen LogP contribution in [0, 0.1) is 13.8 Å². The van der Waals surface area contributed by atoms with Gasteiger partial charge in [-0.2, -0.15) is 23.3 Å². The van der Waals surface area contributed by atoms with E-state index in [1.807, 2.05) is 6.92 Å². The summed E-state index contributed by atoms with van der Waals surface area (Å²) in [4.78, 5) is 16.1. The minimum Gasteiger partial charge on any atom is -0.467 e. The van der Waals surface area contributed by atoms with Crippen molar-refractivity contribution in [2.24, 2.45) is 7.05 Å². The van der Waals surface area contributed by atoms with Crippen LogP contribution < -0.4 is 10.1 Å². The topological polar surface area (TPSA) is 69.0 Å². The van der Waals surface area contributed by atoms with Gasteiger partial charge in [-0.25, -0.2) is 0 Å². The Balaban J connectivity index is 1.82. The number of aromatic nitrogens is 3. The molecule has 0 aliphatic heterocycles. The molecule has 0 fully saturated rings. The highest BCUT2D eigenvalue weighted by Crippen LogP contribution is 2.37. The minimum atomic E-state index is -4.62. The van der Waals surface area contributed by atoms with Gasteiger partial charge in [0.15, 0.2) is 12.3 Å². The fraction of sp³-hybridized carbons (Fsp3) is 0.278. The molecule has 0 saturated carbocycles. The Bertz CT molecular complexity index is 1060. The second kappa shape index (κ2) is 7.31. The summed E-state index contributed by atoms with van der Waals surface area (Å²) in [6, 6.07) is 5.83. The maximum atomic E-state index is 13.4. The number of carbonyl (C=O) groups is 1. The SMILES string of the molecule is Cc1ccc(NC(=O)COc2cc(C(F)(F)F)c3c(C)nn(C)c3n2)c(Cl)c1. The first-order chi connectivity index (χ1) is 13.1. The van der Waals surface area contributed by atoms with E-state index in [2.05, 4.69) is 15.4 Å². The number of hydrogen-bond donors (Lipinski definition) is 1. The normalized spacial score (nSPS) is 11.7. The molecular weight excluding hydrogens is 397 g/mol. The van der Waals surface area contributed by atoms with E-state index >= 15 is 0 Å². The van der Waals surface area contributed by atoms with Crippen molar-refractivity contribution >= 4 is 34.2 Å². The highest BCUT2D eigenvalue weighted by atomic mass is 35.5. The first-order valence-electron chi connectivity index (χ1n) is 8.16. The quantitative estimate of drug-likeness (QED) is 0.694. The number of benzene rings is 1. The number of nitrogens with zero attached hydrogens (tertiary/aromatic N) is 3. The van der Waals surface area contributed by atoms with Gasteiger partial charge in [-0.15, -0.1) is 0 Å². The van der Waals surface area contributed by atoms with E-state index in [9.17, 15) is 18.0 Å². The minimum absolute atomic E-state index is 0.0179. The lowest BCUT2D eigenvalue weighted by Crippen LogP contribution is -2.21. The van der Waals surface area contributed by atoms with Gasteiger partial charge in [-0.3, -0.25) is 9.48 Å². The van der Waals surface area contributed by atoms with Crippen LogP contribution >= 0.6 is 11.6 Å². The number of anilines is 1. The van der Waals surface area contributed by atoms with Crippen LogP contribution in [0.4, 0.5) is 18.9 Å². The van der Waals surface area contributed by atoms with Crippen molar-refractivity contribution in [2.75, 3.05) is 11.9 Å². The third-order valence-corrected chi connectivity index (χ3v) is 4.31. The fourth-order valence-corrected chi connectivity index (χ4v) is 3.05. The molecule has 1 N–H and O–H groups in total. The summed E-state index contributed by atoms with van der Waals surface area (Å²) < 4.78 is 46.7. The number of fused-ring (bicyclic) bond motifs is 1. The number of alkyl halides is 3. The summed E-state index contributed by atoms with van der Waals surface area (Å²) in [5.41, 5.74) is 0.602. The van der Waals surface area contributed by atoms with Crippen molar-refractivity contribution in [3.63, 3.8) is 0 Å². The first kappa shape index (κ1) is 19.9. The summed E-state index contributed by atoms with van der Waals surface area (Å²) in [7, 11) is 1.48. The zero-order valence-electron chi connectivity index (χ0n) is 15.2. The molecule has 148 valence electrons. The number of carbonyl (C=O) groups excluding carboxylic acids is 1. The monoisotopic (exact) mass is 412 g/mol. The van der Waals surface area contributed by atoms with E-state index in [1.165, 1.54) is 18.7 Å². The molecule has 10 heteroatoms. The van der Waals surface area contributed by atoms with Gasteiger partial charge >= 0.3 is 6.18 Å². The first-order valence-corrected chi connectivity index (χ1v) is 8.54. The molecule has 0 unspecified atom stereocenters. The van der Waals surface area contributed by atoms with Crippen molar-refractivity contribution in [3.8, 4) is 5.88 Å². The average molecular weight is 413 g/mol. The summed E-state index contributed by atoms with van der Waals surface area (Å²) in [6.07, 6.45) is -4.62. The van der Waals surface area contributed by atoms with E-state index in [0.29, 0.717) is 10.7 Å². The molecule has 1 aromatic carbocycles. The number of amides is 1. The molecule has 0 atom stereocenters. The predicted octanol–water partition coefficient (Wildman–Crippen LogP) is 4.27. The number of hydrogen-bond acceptors (Lipinski definition) is 4. The molecule has 28 heavy (non-hydrogen) atoms. The smallest absolute Gasteiger partial charge is 0.417 e. The Morgan fingerprint density at radius 3 is 2.64 bits per heavy atom. The lowest BCUT2D eigenvalue weighted by atomic mass is 10.1. The van der Waals surface area contributed by atoms with E-state index in [-0.39, 0.29) is 22.6 Å². The Hall–Kier alpha value is -2.81. The number of rotatable bonds is 4. The Morgan fingerprint density at radius 1 is 1.29 bits per heavy atom. The van der Waals surface area contributed by atoms with Gasteiger partial charge in [0.25, 0.3) is 5.91 Å². The molecule has 6 nitrogen and oxygen atoms in total. The summed E-state index contributed by atoms with van der Waals surface area (Å²) in [5, 5.41) is 6.77. The lowest BCUT2D eigenvalue weighted by Gasteiger charge is -2.12. The Labute approximate surface area is 163 Å². The summed E-state index contributed by atoms with van der Waals surface area (Å²) in [5.74, 6) is -0.907. The molecule has 0 radical (unpaired) electrons. The van der Waals surface area contributed by atoms with Crippen LogP contribution in [-0.2, 0) is 18.0 Å². The maximum Gasteiger partial charge on any atom is 0.417 e. The molecule has 3 aromatic rings. The van der Waals surface area contributed by atoms with Gasteiger partial charge in [0.2, 0.25) is 5.88 Å². The summed E-state index contributed by atoms with van der Waals surface area (Å²) in [6.45, 7) is 2.79. The van der Waals surface area contributed by atoms with Crippen LogP contribution in [0.2, 0.25) is 5.02 Å². The third kappa shape index (κ3) is 4.04. The van der Waals surface area contributed by atoms with Gasteiger partial charge in [0, 0.05) is 13.1 Å². The van der Waals surface area contributed by atoms with Crippen molar-refractivity contribution in [2.45, 2.75) is 20.0 Å². The van der Waals surface area contributed by atoms with Crippen LogP contribution in [-0.4, -0.2) is 27.3 Å². The third-order valence-electron chi connectivity index (χ3n) is 4.00. The van der Waals surface area contributed by atoms with Crippen LogP contribution in [0.3, 0.4) is 0 Å². The fourth-order valence-electron chi connectivity index (χ4n) is 2.77. The zero-order chi connectivity index (χ0) is 20.6. The van der Waals surface area contributed by atoms with Crippen LogP contribution in [0.15, 0.2) is 24.3 Å². The Morgan fingerprint density at radius 2 is 2.00 bits per heavy atom. The maximum absolute atomic E-state index is 13.4. The molecule has 0 aliphatic carbocycles. The number of pyridine rings is 1. The van der Waals surface area contributed by atoms with Gasteiger partial charge in [-0.1, -0.05) is 17.7 Å². The van der Waals surface area contributed by atoms with E-state index in [0.717, 1.165) is 11.6 Å². The highest BCUT2D eigenvalue weighted by Gasteiger charge is 2.35. The molecule has 3 rings (SSSR count). The van der Waals surface area contributed by atoms with Gasteiger partial charge in [0.05, 0.1) is 27.4 Å². The zero-order valence-corrected chi connectivity index (χ0v) is 15.9. The molecule has 1 amide bonds. The van der Waals surface area contributed by atoms with Crippen LogP contribution in [0.1, 0.15) is 16.8 Å². The number of nitrogens with one attached hydrogen (secondary N) is 1. The van der Waals surface area contributed by atoms with Gasteiger partial charge in [0.1, 0.15) is 0 Å². The molecule has 0 spiro atoms. The van der Waals surface area contributed by atoms with Crippen molar-refractivity contribution in [3.05, 3.63) is 46.1 Å². The molecule has 2 aromatic heterocycles. The van der Waals surface area contributed by atoms with Crippen molar-refractivity contribution in [1.82, 2.24) is 14.8 Å². The number of halogens is 4. The predicted molar refractivity (Wildman–Crippen MR) is 98.6 cm³/mol. The van der Waals surface area contributed by atoms with E-state index in [4.69, 9.17) is 16.3 Å². The van der Waals surface area contributed by atoms with Gasteiger partial charge < -0.3 is 10.1 Å². The molecule has 2 heterocycles. The standard InChI is InChI=1S/C18H16ClF3N4O2/c1-9-4-5-13(12(19)6-9)23-14(27)8-28-15-7-11(18(20,21)22)16-10(2)25-26(3)17(16)24-15/h4-7H,8H2,1-3H3,(H,23,27). The second-order valence-electron chi connectivity index (χ2n) is 6.23. The molecule has 0 aliphatic rings. The van der Waals surface area contributed by atoms with Crippen LogP contribution in [0.25, 0.3) is 11.0 Å². The van der Waals surface area contributed by atoms with E-state index in [1.54, 1.807) is 18.2 Å². The highest BCUT2D eigenvalue weighted by molar-refractivity contribution is 6.33. The average Bonchev–Trinajstić information content (AvgIpc) is 2.88. The molecule has 0 saturated heterocycles. The van der Waals surface area contributed by atoms with E-state index < -0.39 is 24.3 Å². The number of ether oxygens (including phenoxy) is 1. The Kier molecular flexibility index (Phi) is 5.20. The van der Waals surface area contributed by atoms with Gasteiger partial charge in [-0.05, 0) is 31.5 Å². The largest absolute Gasteiger partial charge is 0.467 e. The van der Waals surface area contributed by atoms with Crippen molar-refractivity contribution < 1.29 is 22.7 Å². The summed E-state index contributed by atoms with van der Waals surface area (Å²) >= 11 is 6.04. The second-order valence-corrected chi connectivity index (χ2v) is 6.64. The molecule has 0 bridgehead atoms. The van der Waals surface area contributed by atoms with Crippen molar-refractivity contribution in [1.29, 1.82) is 0 Å². The molecular formula is C18H16ClF3N4O2.